The van der Waals surface area contributed by atoms with Gasteiger partial charge in [0.15, 0.2) is 0 Å². The second kappa shape index (κ2) is 5.13. The van der Waals surface area contributed by atoms with Crippen molar-refractivity contribution in [3.63, 3.8) is 0 Å². The molecule has 1 N–H and O–H groups in total. The van der Waals surface area contributed by atoms with E-state index in [4.69, 9.17) is 5.26 Å². The number of hydrogen-bond acceptors (Lipinski definition) is 3. The fourth-order valence-electron chi connectivity index (χ4n) is 1.92. The van der Waals surface area contributed by atoms with Gasteiger partial charge in [0.1, 0.15) is 6.04 Å². The van der Waals surface area contributed by atoms with Crippen molar-refractivity contribution < 1.29 is 9.90 Å². The van der Waals surface area contributed by atoms with Gasteiger partial charge in [0.25, 0.3) is 0 Å². The van der Waals surface area contributed by atoms with Crippen molar-refractivity contribution in [2.75, 3.05) is 6.54 Å². The van der Waals surface area contributed by atoms with E-state index in [-0.39, 0.29) is 6.04 Å². The van der Waals surface area contributed by atoms with E-state index < -0.39 is 12.0 Å². The van der Waals surface area contributed by atoms with Gasteiger partial charge in [-0.05, 0) is 32.6 Å². The van der Waals surface area contributed by atoms with Crippen molar-refractivity contribution in [3.05, 3.63) is 0 Å². The zero-order valence-corrected chi connectivity index (χ0v) is 9.31. The van der Waals surface area contributed by atoms with E-state index in [2.05, 4.69) is 6.07 Å². The summed E-state index contributed by atoms with van der Waals surface area (Å²) in [6.07, 6.45) is 2.41. The third-order valence-corrected chi connectivity index (χ3v) is 2.82. The highest BCUT2D eigenvalue weighted by molar-refractivity contribution is 5.74. The van der Waals surface area contributed by atoms with Crippen LogP contribution in [0.15, 0.2) is 0 Å². The molecule has 0 radical (unpaired) electrons. The first kappa shape index (κ1) is 12.0. The predicted molar refractivity (Wildman–Crippen MR) is 56.2 cm³/mol. The molecular formula is C11H18N2O2. The predicted octanol–water partition coefficient (Wildman–Crippen LogP) is 1.47. The van der Waals surface area contributed by atoms with Gasteiger partial charge in [-0.15, -0.1) is 0 Å². The number of carboxylic acids is 1. The number of nitrogens with zero attached hydrogens (tertiary/aromatic N) is 2. The first-order valence-electron chi connectivity index (χ1n) is 5.43. The van der Waals surface area contributed by atoms with Gasteiger partial charge in [-0.3, -0.25) is 9.69 Å². The molecule has 1 atom stereocenters. The highest BCUT2D eigenvalue weighted by Gasteiger charge is 2.40. The van der Waals surface area contributed by atoms with E-state index in [0.29, 0.717) is 18.9 Å². The van der Waals surface area contributed by atoms with Crippen LogP contribution in [-0.4, -0.2) is 34.6 Å². The van der Waals surface area contributed by atoms with Crippen LogP contribution >= 0.6 is 0 Å². The summed E-state index contributed by atoms with van der Waals surface area (Å²) in [5.41, 5.74) is 0. The Morgan fingerprint density at radius 3 is 2.53 bits per heavy atom. The van der Waals surface area contributed by atoms with E-state index in [1.165, 1.54) is 0 Å². The van der Waals surface area contributed by atoms with E-state index in [1.807, 2.05) is 18.7 Å². The van der Waals surface area contributed by atoms with Crippen LogP contribution in [0.4, 0.5) is 0 Å². The van der Waals surface area contributed by atoms with E-state index in [1.54, 1.807) is 0 Å². The van der Waals surface area contributed by atoms with Crippen LogP contribution in [-0.2, 0) is 4.79 Å². The molecule has 84 valence electrons. The Morgan fingerprint density at radius 1 is 1.60 bits per heavy atom. The number of carboxylic acid groups (broad SMARTS) is 1. The second-order valence-electron chi connectivity index (χ2n) is 4.36. The van der Waals surface area contributed by atoms with Gasteiger partial charge in [-0.2, -0.15) is 5.26 Å². The largest absolute Gasteiger partial charge is 0.480 e. The average molecular weight is 210 g/mol. The highest BCUT2D eigenvalue weighted by Crippen LogP contribution is 2.36. The molecule has 1 saturated carbocycles. The molecule has 15 heavy (non-hydrogen) atoms. The molecule has 0 amide bonds. The molecule has 0 saturated heterocycles. The lowest BCUT2D eigenvalue weighted by Gasteiger charge is -2.31. The monoisotopic (exact) mass is 210 g/mol. The van der Waals surface area contributed by atoms with Crippen LogP contribution in [0.5, 0.6) is 0 Å². The van der Waals surface area contributed by atoms with Gasteiger partial charge in [-0.25, -0.2) is 0 Å². The molecular weight excluding hydrogens is 192 g/mol. The molecule has 0 heterocycles. The van der Waals surface area contributed by atoms with Crippen LogP contribution < -0.4 is 0 Å². The number of aliphatic carboxylic acids is 1. The van der Waals surface area contributed by atoms with E-state index in [0.717, 1.165) is 12.8 Å². The smallest absolute Gasteiger partial charge is 0.321 e. The lowest BCUT2D eigenvalue weighted by Crippen LogP contribution is -2.47. The lowest BCUT2D eigenvalue weighted by atomic mass is 10.1. The van der Waals surface area contributed by atoms with Crippen LogP contribution in [0.2, 0.25) is 0 Å². The van der Waals surface area contributed by atoms with E-state index in [9.17, 15) is 9.90 Å². The minimum absolute atomic E-state index is 0.181. The quantitative estimate of drug-likeness (QED) is 0.721. The molecule has 0 spiro atoms. The number of rotatable bonds is 6. The summed E-state index contributed by atoms with van der Waals surface area (Å²) < 4.78 is 0. The van der Waals surface area contributed by atoms with Crippen LogP contribution in [0.3, 0.4) is 0 Å². The SMILES string of the molecule is CC(C)N(CCC#N)C(C(=O)O)C1CC1. The Morgan fingerprint density at radius 2 is 2.20 bits per heavy atom. The fraction of sp³-hybridized carbons (Fsp3) is 0.818. The summed E-state index contributed by atoms with van der Waals surface area (Å²) in [7, 11) is 0. The van der Waals surface area contributed by atoms with Crippen LogP contribution in [0.1, 0.15) is 33.1 Å². The van der Waals surface area contributed by atoms with Crippen molar-refractivity contribution in [3.8, 4) is 6.07 Å². The standard InChI is InChI=1S/C11H18N2O2/c1-8(2)13(7-3-6-12)10(11(14)15)9-4-5-9/h8-10H,3-5,7H2,1-2H3,(H,14,15). The Hall–Kier alpha value is -1.08. The molecule has 1 unspecified atom stereocenters. The lowest BCUT2D eigenvalue weighted by molar-refractivity contribution is -0.145. The topological polar surface area (TPSA) is 64.3 Å². The summed E-state index contributed by atoms with van der Waals surface area (Å²) in [4.78, 5) is 13.1. The van der Waals surface area contributed by atoms with Gasteiger partial charge in [0.2, 0.25) is 0 Å². The average Bonchev–Trinajstić information content (AvgIpc) is 2.94. The molecule has 1 fully saturated rings. The fourth-order valence-corrected chi connectivity index (χ4v) is 1.92. The molecule has 0 aromatic heterocycles. The summed E-state index contributed by atoms with van der Waals surface area (Å²) in [5, 5.41) is 17.7. The summed E-state index contributed by atoms with van der Waals surface area (Å²) in [6.45, 7) is 4.52. The maximum Gasteiger partial charge on any atom is 0.321 e. The molecule has 1 aliphatic rings. The Balaban J connectivity index is 2.66. The third kappa shape index (κ3) is 3.21. The molecule has 0 aromatic carbocycles. The Bertz CT molecular complexity index is 266. The number of nitriles is 1. The zero-order valence-electron chi connectivity index (χ0n) is 9.31. The van der Waals surface area contributed by atoms with Gasteiger partial charge in [0.05, 0.1) is 6.07 Å². The number of carbonyl (C=O) groups is 1. The van der Waals surface area contributed by atoms with E-state index >= 15 is 0 Å². The molecule has 4 heteroatoms. The van der Waals surface area contributed by atoms with Crippen LogP contribution in [0.25, 0.3) is 0 Å². The maximum atomic E-state index is 11.2. The summed E-state index contributed by atoms with van der Waals surface area (Å²) in [5.74, 6) is -0.451. The minimum Gasteiger partial charge on any atom is -0.480 e. The normalized spacial score (nSPS) is 17.8. The molecule has 1 rings (SSSR count). The first-order chi connectivity index (χ1) is 7.07. The van der Waals surface area contributed by atoms with Crippen LogP contribution in [0, 0.1) is 17.2 Å². The highest BCUT2D eigenvalue weighted by atomic mass is 16.4. The molecule has 0 aliphatic heterocycles. The Labute approximate surface area is 90.5 Å². The molecule has 4 nitrogen and oxygen atoms in total. The Kier molecular flexibility index (Phi) is 4.10. The van der Waals surface area contributed by atoms with Crippen molar-refractivity contribution in [2.45, 2.75) is 45.2 Å². The molecule has 0 bridgehead atoms. The second-order valence-corrected chi connectivity index (χ2v) is 4.36. The molecule has 1 aliphatic carbocycles. The minimum atomic E-state index is -0.746. The first-order valence-corrected chi connectivity index (χ1v) is 5.43. The van der Waals surface area contributed by atoms with Crippen molar-refractivity contribution in [1.29, 1.82) is 5.26 Å². The van der Waals surface area contributed by atoms with Crippen molar-refractivity contribution in [1.82, 2.24) is 4.90 Å². The van der Waals surface area contributed by atoms with Gasteiger partial charge < -0.3 is 5.11 Å². The summed E-state index contributed by atoms with van der Waals surface area (Å²) in [6, 6.07) is 1.86. The van der Waals surface area contributed by atoms with Gasteiger partial charge >= 0.3 is 5.97 Å². The van der Waals surface area contributed by atoms with Crippen molar-refractivity contribution >= 4 is 5.97 Å². The third-order valence-electron chi connectivity index (χ3n) is 2.82. The van der Waals surface area contributed by atoms with Gasteiger partial charge in [-0.1, -0.05) is 0 Å². The van der Waals surface area contributed by atoms with Gasteiger partial charge in [0, 0.05) is 19.0 Å². The summed E-state index contributed by atoms with van der Waals surface area (Å²) >= 11 is 0. The number of hydrogen-bond donors (Lipinski definition) is 1. The zero-order chi connectivity index (χ0) is 11.4. The van der Waals surface area contributed by atoms with Crippen molar-refractivity contribution in [2.24, 2.45) is 5.92 Å². The molecule has 0 aromatic rings. The maximum absolute atomic E-state index is 11.2.